The van der Waals surface area contributed by atoms with Gasteiger partial charge in [0, 0.05) is 12.1 Å². The van der Waals surface area contributed by atoms with Crippen LogP contribution in [0.5, 0.6) is 0 Å². The van der Waals surface area contributed by atoms with E-state index in [0.717, 1.165) is 17.3 Å². The zero-order valence-electron chi connectivity index (χ0n) is 14.7. The number of aryl methyl sites for hydroxylation is 1. The molecule has 0 aliphatic carbocycles. The lowest BCUT2D eigenvalue weighted by molar-refractivity contribution is -0.122. The second-order valence-corrected chi connectivity index (χ2v) is 8.46. The normalized spacial score (nSPS) is 17.9. The minimum Gasteiger partial charge on any atom is -0.286 e. The van der Waals surface area contributed by atoms with Crippen molar-refractivity contribution in [2.45, 2.75) is 18.7 Å². The maximum Gasteiger partial charge on any atom is 0.284 e. The van der Waals surface area contributed by atoms with E-state index in [2.05, 4.69) is 4.40 Å². The van der Waals surface area contributed by atoms with Crippen LogP contribution < -0.4 is 0 Å². The van der Waals surface area contributed by atoms with Gasteiger partial charge >= 0.3 is 0 Å². The van der Waals surface area contributed by atoms with Crippen LogP contribution in [0.1, 0.15) is 18.1 Å². The second kappa shape index (κ2) is 7.66. The van der Waals surface area contributed by atoms with Crippen molar-refractivity contribution in [2.75, 3.05) is 6.54 Å². The van der Waals surface area contributed by atoms with Gasteiger partial charge in [-0.2, -0.15) is 8.42 Å². The van der Waals surface area contributed by atoms with Gasteiger partial charge in [0.15, 0.2) is 5.17 Å². The Balaban J connectivity index is 1.98. The van der Waals surface area contributed by atoms with Crippen LogP contribution in [0.3, 0.4) is 0 Å². The van der Waals surface area contributed by atoms with Crippen molar-refractivity contribution in [1.29, 1.82) is 0 Å². The van der Waals surface area contributed by atoms with E-state index < -0.39 is 21.7 Å². The SMILES string of the molecule is CCN1C(=O)C(=Cc2ccccc2F)SC1=NS(=O)(=O)c1ccc(C)cc1. The van der Waals surface area contributed by atoms with Crippen LogP contribution in [0.15, 0.2) is 62.7 Å². The Morgan fingerprint density at radius 3 is 2.44 bits per heavy atom. The Bertz CT molecular complexity index is 1040. The van der Waals surface area contributed by atoms with E-state index >= 15 is 0 Å². The molecule has 3 rings (SSSR count). The summed E-state index contributed by atoms with van der Waals surface area (Å²) in [5, 5.41) is 0.0608. The third-order valence-corrected chi connectivity index (χ3v) is 6.32. The molecule has 0 N–H and O–H groups in total. The summed E-state index contributed by atoms with van der Waals surface area (Å²) in [6.45, 7) is 3.83. The molecule has 0 saturated carbocycles. The number of nitrogens with zero attached hydrogens (tertiary/aromatic N) is 2. The van der Waals surface area contributed by atoms with Gasteiger partial charge in [-0.05, 0) is 49.9 Å². The minimum absolute atomic E-state index is 0.0521. The van der Waals surface area contributed by atoms with E-state index in [0.29, 0.717) is 0 Å². The van der Waals surface area contributed by atoms with Crippen molar-refractivity contribution in [2.24, 2.45) is 4.40 Å². The van der Waals surface area contributed by atoms with Gasteiger partial charge in [-0.1, -0.05) is 35.9 Å². The lowest BCUT2D eigenvalue weighted by Gasteiger charge is -2.12. The van der Waals surface area contributed by atoms with Crippen molar-refractivity contribution in [3.05, 3.63) is 70.4 Å². The molecule has 5 nitrogen and oxygen atoms in total. The molecule has 8 heteroatoms. The summed E-state index contributed by atoms with van der Waals surface area (Å²) < 4.78 is 42.9. The van der Waals surface area contributed by atoms with Crippen LogP contribution in [-0.2, 0) is 14.8 Å². The van der Waals surface area contributed by atoms with Gasteiger partial charge in [0.1, 0.15) is 5.82 Å². The van der Waals surface area contributed by atoms with E-state index in [4.69, 9.17) is 0 Å². The summed E-state index contributed by atoms with van der Waals surface area (Å²) in [7, 11) is -3.96. The average molecular weight is 404 g/mol. The van der Waals surface area contributed by atoms with Crippen LogP contribution in [0.25, 0.3) is 6.08 Å². The van der Waals surface area contributed by atoms with Gasteiger partial charge in [0.2, 0.25) is 0 Å². The van der Waals surface area contributed by atoms with E-state index in [1.54, 1.807) is 37.3 Å². The summed E-state index contributed by atoms with van der Waals surface area (Å²) >= 11 is 0.921. The number of halogens is 1. The summed E-state index contributed by atoms with van der Waals surface area (Å²) in [5.41, 5.74) is 1.18. The number of amidine groups is 1. The zero-order chi connectivity index (χ0) is 19.6. The van der Waals surface area contributed by atoms with Gasteiger partial charge in [-0.15, -0.1) is 4.40 Å². The number of amides is 1. The monoisotopic (exact) mass is 404 g/mol. The molecule has 1 heterocycles. The Morgan fingerprint density at radius 2 is 1.81 bits per heavy atom. The number of carbonyl (C=O) groups excluding carboxylic acids is 1. The summed E-state index contributed by atoms with van der Waals surface area (Å²) in [4.78, 5) is 14.1. The van der Waals surface area contributed by atoms with Gasteiger partial charge in [0.25, 0.3) is 15.9 Å². The number of carbonyl (C=O) groups is 1. The molecule has 1 amide bonds. The van der Waals surface area contributed by atoms with Gasteiger partial charge in [-0.25, -0.2) is 4.39 Å². The highest BCUT2D eigenvalue weighted by atomic mass is 32.2. The lowest BCUT2D eigenvalue weighted by Crippen LogP contribution is -2.29. The van der Waals surface area contributed by atoms with Crippen LogP contribution in [-0.4, -0.2) is 30.9 Å². The van der Waals surface area contributed by atoms with Crippen molar-refractivity contribution in [1.82, 2.24) is 4.90 Å². The number of hydrogen-bond donors (Lipinski definition) is 0. The average Bonchev–Trinajstić information content (AvgIpc) is 2.91. The highest BCUT2D eigenvalue weighted by molar-refractivity contribution is 8.19. The smallest absolute Gasteiger partial charge is 0.284 e. The van der Waals surface area contributed by atoms with E-state index in [-0.39, 0.29) is 27.1 Å². The molecule has 0 bridgehead atoms. The molecule has 27 heavy (non-hydrogen) atoms. The Hall–Kier alpha value is -2.45. The van der Waals surface area contributed by atoms with E-state index in [9.17, 15) is 17.6 Å². The maximum absolute atomic E-state index is 13.9. The number of sulfonamides is 1. The summed E-state index contributed by atoms with van der Waals surface area (Å²) in [5.74, 6) is -0.859. The molecule has 140 valence electrons. The van der Waals surface area contributed by atoms with Gasteiger partial charge in [0.05, 0.1) is 9.80 Å². The molecule has 2 aromatic carbocycles. The largest absolute Gasteiger partial charge is 0.286 e. The predicted octanol–water partition coefficient (Wildman–Crippen LogP) is 3.82. The first-order valence-corrected chi connectivity index (χ1v) is 10.4. The topological polar surface area (TPSA) is 66.8 Å². The molecule has 2 aromatic rings. The third kappa shape index (κ3) is 4.12. The van der Waals surface area contributed by atoms with Crippen molar-refractivity contribution < 1.29 is 17.6 Å². The van der Waals surface area contributed by atoms with Crippen molar-refractivity contribution >= 4 is 38.9 Å². The first kappa shape index (κ1) is 19.3. The summed E-state index contributed by atoms with van der Waals surface area (Å²) in [6.07, 6.45) is 1.41. The summed E-state index contributed by atoms with van der Waals surface area (Å²) in [6, 6.07) is 12.4. The van der Waals surface area contributed by atoms with Crippen LogP contribution in [0.2, 0.25) is 0 Å². The fourth-order valence-corrected chi connectivity index (χ4v) is 4.69. The number of hydrogen-bond acceptors (Lipinski definition) is 4. The quantitative estimate of drug-likeness (QED) is 0.727. The first-order chi connectivity index (χ1) is 12.8. The second-order valence-electron chi connectivity index (χ2n) is 5.84. The standard InChI is InChI=1S/C19H17FN2O3S2/c1-3-22-18(23)17(12-14-6-4-5-7-16(14)20)26-19(22)21-27(24,25)15-10-8-13(2)9-11-15/h4-12H,3H2,1-2H3. The Kier molecular flexibility index (Phi) is 5.48. The van der Waals surface area contributed by atoms with Crippen LogP contribution >= 0.6 is 11.8 Å². The fourth-order valence-electron chi connectivity index (χ4n) is 2.45. The van der Waals surface area contributed by atoms with Crippen LogP contribution in [0, 0.1) is 12.7 Å². The van der Waals surface area contributed by atoms with Crippen LogP contribution in [0.4, 0.5) is 4.39 Å². The molecule has 1 saturated heterocycles. The zero-order valence-corrected chi connectivity index (χ0v) is 16.3. The Labute approximate surface area is 161 Å². The maximum atomic E-state index is 13.9. The van der Waals surface area contributed by atoms with Gasteiger partial charge in [-0.3, -0.25) is 9.69 Å². The molecule has 0 aromatic heterocycles. The van der Waals surface area contributed by atoms with Gasteiger partial charge < -0.3 is 0 Å². The molecule has 0 radical (unpaired) electrons. The van der Waals surface area contributed by atoms with Crippen molar-refractivity contribution in [3.8, 4) is 0 Å². The fraction of sp³-hybridized carbons (Fsp3) is 0.158. The molecule has 1 aliphatic heterocycles. The van der Waals surface area contributed by atoms with E-state index in [1.165, 1.54) is 29.2 Å². The van der Waals surface area contributed by atoms with Crippen molar-refractivity contribution in [3.63, 3.8) is 0 Å². The third-order valence-electron chi connectivity index (χ3n) is 3.91. The molecule has 0 unspecified atom stereocenters. The molecule has 1 aliphatic rings. The lowest BCUT2D eigenvalue weighted by atomic mass is 10.2. The molecule has 0 atom stereocenters. The number of rotatable bonds is 4. The highest BCUT2D eigenvalue weighted by Crippen LogP contribution is 2.33. The highest BCUT2D eigenvalue weighted by Gasteiger charge is 2.34. The molecular weight excluding hydrogens is 387 g/mol. The number of likely N-dealkylation sites (N-methyl/N-ethyl adjacent to an activating group) is 1. The Morgan fingerprint density at radius 1 is 1.15 bits per heavy atom. The number of benzene rings is 2. The first-order valence-electron chi connectivity index (χ1n) is 8.19. The minimum atomic E-state index is -3.96. The molecule has 0 spiro atoms. The molecule has 1 fully saturated rings. The van der Waals surface area contributed by atoms with E-state index in [1.807, 2.05) is 6.92 Å². The molecular formula is C19H17FN2O3S2. The predicted molar refractivity (Wildman–Crippen MR) is 105 cm³/mol. The number of thioether (sulfide) groups is 1.